The number of amides is 2. The summed E-state index contributed by atoms with van der Waals surface area (Å²) in [6.07, 6.45) is 1.84. The number of likely N-dealkylation sites (N-methyl/N-ethyl adjacent to an activating group) is 1. The molecule has 1 aromatic heterocycles. The molecule has 0 fully saturated rings. The zero-order valence-corrected chi connectivity index (χ0v) is 21.3. The van der Waals surface area contributed by atoms with Gasteiger partial charge in [-0.25, -0.2) is 0 Å². The number of rotatable bonds is 8. The summed E-state index contributed by atoms with van der Waals surface area (Å²) in [6, 6.07) is 13.4. The summed E-state index contributed by atoms with van der Waals surface area (Å²) in [5.41, 5.74) is 7.06. The van der Waals surface area contributed by atoms with Gasteiger partial charge >= 0.3 is 0 Å². The zero-order chi connectivity index (χ0) is 25.1. The summed E-state index contributed by atoms with van der Waals surface area (Å²) in [7, 11) is 0. The van der Waals surface area contributed by atoms with Gasteiger partial charge in [-0.3, -0.25) is 9.59 Å². The highest BCUT2D eigenvalue weighted by Crippen LogP contribution is 2.41. The van der Waals surface area contributed by atoms with Crippen LogP contribution in [0, 0.1) is 13.8 Å². The second kappa shape index (κ2) is 10.5. The molecule has 0 bridgehead atoms. The van der Waals surface area contributed by atoms with Crippen molar-refractivity contribution in [2.75, 3.05) is 31.5 Å². The highest BCUT2D eigenvalue weighted by molar-refractivity contribution is 6.36. The second-order valence-corrected chi connectivity index (χ2v) is 9.13. The Labute approximate surface area is 211 Å². The van der Waals surface area contributed by atoms with E-state index in [1.807, 2.05) is 62.4 Å². The van der Waals surface area contributed by atoms with Crippen molar-refractivity contribution in [2.45, 2.75) is 27.7 Å². The lowest BCUT2D eigenvalue weighted by Crippen LogP contribution is -2.35. The third-order valence-corrected chi connectivity index (χ3v) is 6.83. The molecule has 4 rings (SSSR count). The van der Waals surface area contributed by atoms with E-state index in [1.165, 1.54) is 0 Å². The van der Waals surface area contributed by atoms with E-state index in [1.54, 1.807) is 0 Å². The van der Waals surface area contributed by atoms with Gasteiger partial charge in [0.25, 0.3) is 11.8 Å². The fourth-order valence-corrected chi connectivity index (χ4v) is 4.74. The molecule has 35 heavy (non-hydrogen) atoms. The van der Waals surface area contributed by atoms with E-state index in [9.17, 15) is 9.59 Å². The van der Waals surface area contributed by atoms with Gasteiger partial charge in [0.15, 0.2) is 0 Å². The van der Waals surface area contributed by atoms with E-state index in [2.05, 4.69) is 34.4 Å². The summed E-state index contributed by atoms with van der Waals surface area (Å²) >= 11 is 6.08. The molecule has 7 heteroatoms. The Morgan fingerprint density at radius 1 is 1.09 bits per heavy atom. The molecule has 2 amide bonds. The molecule has 2 aromatic carbocycles. The highest BCUT2D eigenvalue weighted by Gasteiger charge is 2.28. The summed E-state index contributed by atoms with van der Waals surface area (Å²) in [4.78, 5) is 31.5. The highest BCUT2D eigenvalue weighted by atomic mass is 35.5. The number of aryl methyl sites for hydroxylation is 1. The van der Waals surface area contributed by atoms with Gasteiger partial charge in [-0.2, -0.15) is 0 Å². The third kappa shape index (κ3) is 5.04. The van der Waals surface area contributed by atoms with Crippen LogP contribution in [0.3, 0.4) is 0 Å². The van der Waals surface area contributed by atoms with Crippen LogP contribution in [0.2, 0.25) is 5.02 Å². The normalized spacial score (nSPS) is 13.9. The predicted octanol–water partition coefficient (Wildman–Crippen LogP) is 5.52. The van der Waals surface area contributed by atoms with Crippen molar-refractivity contribution in [3.8, 4) is 11.1 Å². The number of anilines is 1. The minimum atomic E-state index is -0.168. The number of carbonyl (C=O) groups excluding carboxylic acids is 2. The number of hydrogen-bond donors (Lipinski definition) is 3. The van der Waals surface area contributed by atoms with Gasteiger partial charge in [-0.05, 0) is 67.9 Å². The molecule has 3 N–H and O–H groups in total. The topological polar surface area (TPSA) is 77.2 Å². The quantitative estimate of drug-likeness (QED) is 0.364. The van der Waals surface area contributed by atoms with Crippen molar-refractivity contribution in [1.29, 1.82) is 0 Å². The summed E-state index contributed by atoms with van der Waals surface area (Å²) < 4.78 is 0. The van der Waals surface area contributed by atoms with E-state index in [4.69, 9.17) is 11.6 Å². The number of halogens is 1. The predicted molar refractivity (Wildman–Crippen MR) is 144 cm³/mol. The largest absolute Gasteiger partial charge is 0.358 e. The maximum absolute atomic E-state index is 13.0. The maximum Gasteiger partial charge on any atom is 0.256 e. The number of nitrogens with zero attached hydrogens (tertiary/aromatic N) is 1. The summed E-state index contributed by atoms with van der Waals surface area (Å²) in [5, 5.41) is 6.67. The number of hydrogen-bond acceptors (Lipinski definition) is 3. The van der Waals surface area contributed by atoms with Crippen molar-refractivity contribution in [2.24, 2.45) is 0 Å². The molecule has 0 saturated carbocycles. The Balaban J connectivity index is 1.66. The minimum Gasteiger partial charge on any atom is -0.358 e. The monoisotopic (exact) mass is 490 g/mol. The molecule has 0 spiro atoms. The molecule has 0 atom stereocenters. The molecule has 3 aromatic rings. The van der Waals surface area contributed by atoms with Gasteiger partial charge in [0, 0.05) is 40.8 Å². The second-order valence-electron chi connectivity index (χ2n) is 8.69. The molecule has 0 unspecified atom stereocenters. The van der Waals surface area contributed by atoms with Crippen LogP contribution in [0.25, 0.3) is 22.8 Å². The van der Waals surface area contributed by atoms with Gasteiger partial charge in [0.1, 0.15) is 0 Å². The number of carbonyl (C=O) groups is 2. The van der Waals surface area contributed by atoms with Crippen molar-refractivity contribution >= 4 is 40.8 Å². The van der Waals surface area contributed by atoms with Crippen molar-refractivity contribution < 1.29 is 9.59 Å². The molecular weight excluding hydrogens is 460 g/mol. The first kappa shape index (κ1) is 24.8. The standard InChI is InChI=1S/C28H31ClN4O2/c1-5-33(6-2)15-14-30-28(35)25-17(3)24(31-18(25)4)16-22-26-21(19-10-12-20(29)13-11-19)8-7-9-23(26)32-27(22)34/h7-13,16,31H,5-6,14-15H2,1-4H3,(H,30,35)(H,32,34). The average Bonchev–Trinajstić information content (AvgIpc) is 3.31. The first-order valence-corrected chi connectivity index (χ1v) is 12.3. The van der Waals surface area contributed by atoms with E-state index < -0.39 is 0 Å². The third-order valence-electron chi connectivity index (χ3n) is 6.58. The van der Waals surface area contributed by atoms with Crippen molar-refractivity contribution in [3.63, 3.8) is 0 Å². The van der Waals surface area contributed by atoms with Crippen molar-refractivity contribution in [1.82, 2.24) is 15.2 Å². The number of aromatic nitrogens is 1. The first-order chi connectivity index (χ1) is 16.8. The average molecular weight is 491 g/mol. The van der Waals surface area contributed by atoms with Crippen LogP contribution in [-0.4, -0.2) is 47.9 Å². The summed E-state index contributed by atoms with van der Waals surface area (Å²) in [6.45, 7) is 11.3. The van der Waals surface area contributed by atoms with Gasteiger partial charge in [-0.1, -0.05) is 49.7 Å². The van der Waals surface area contributed by atoms with Gasteiger partial charge in [-0.15, -0.1) is 0 Å². The number of benzene rings is 2. The van der Waals surface area contributed by atoms with Gasteiger partial charge < -0.3 is 20.5 Å². The number of H-pyrrole nitrogens is 1. The van der Waals surface area contributed by atoms with Crippen LogP contribution in [0.1, 0.15) is 46.7 Å². The van der Waals surface area contributed by atoms with E-state index in [0.717, 1.165) is 59.0 Å². The lowest BCUT2D eigenvalue weighted by Gasteiger charge is -2.18. The van der Waals surface area contributed by atoms with Gasteiger partial charge in [0.2, 0.25) is 0 Å². The smallest absolute Gasteiger partial charge is 0.256 e. The molecular formula is C28H31ClN4O2. The first-order valence-electron chi connectivity index (χ1n) is 12.0. The van der Waals surface area contributed by atoms with Crippen LogP contribution in [-0.2, 0) is 4.79 Å². The Bertz CT molecular complexity index is 1290. The van der Waals surface area contributed by atoms with E-state index in [0.29, 0.717) is 22.7 Å². The fourth-order valence-electron chi connectivity index (χ4n) is 4.62. The van der Waals surface area contributed by atoms with Crippen LogP contribution in [0.15, 0.2) is 42.5 Å². The van der Waals surface area contributed by atoms with E-state index >= 15 is 0 Å². The Morgan fingerprint density at radius 3 is 2.49 bits per heavy atom. The van der Waals surface area contributed by atoms with E-state index in [-0.39, 0.29) is 11.8 Å². The van der Waals surface area contributed by atoms with Crippen LogP contribution in [0.4, 0.5) is 5.69 Å². The van der Waals surface area contributed by atoms with Crippen molar-refractivity contribution in [3.05, 3.63) is 75.6 Å². The minimum absolute atomic E-state index is 0.105. The Morgan fingerprint density at radius 2 is 1.80 bits per heavy atom. The molecule has 0 saturated heterocycles. The molecule has 0 radical (unpaired) electrons. The number of fused-ring (bicyclic) bond motifs is 1. The molecule has 0 aliphatic carbocycles. The fraction of sp³-hybridized carbons (Fsp3) is 0.286. The SMILES string of the molecule is CCN(CC)CCNC(=O)c1c(C)[nH]c(C=C2C(=O)Nc3cccc(-c4ccc(Cl)cc4)c32)c1C. The molecule has 2 heterocycles. The number of aromatic amines is 1. The molecule has 6 nitrogen and oxygen atoms in total. The lowest BCUT2D eigenvalue weighted by atomic mass is 9.94. The zero-order valence-electron chi connectivity index (χ0n) is 20.6. The lowest BCUT2D eigenvalue weighted by molar-refractivity contribution is -0.110. The molecule has 1 aliphatic heterocycles. The Kier molecular flexibility index (Phi) is 7.43. The molecule has 182 valence electrons. The number of nitrogens with one attached hydrogen (secondary N) is 3. The summed E-state index contributed by atoms with van der Waals surface area (Å²) in [5.74, 6) is -0.274. The van der Waals surface area contributed by atoms with Crippen LogP contribution in [0.5, 0.6) is 0 Å². The maximum atomic E-state index is 13.0. The van der Waals surface area contributed by atoms with Crippen LogP contribution >= 0.6 is 11.6 Å². The Hall–Kier alpha value is -3.35. The van der Waals surface area contributed by atoms with Crippen LogP contribution < -0.4 is 10.6 Å². The molecule has 1 aliphatic rings. The van der Waals surface area contributed by atoms with Gasteiger partial charge in [0.05, 0.1) is 11.1 Å².